The van der Waals surface area contributed by atoms with Crippen LogP contribution in [0.5, 0.6) is 0 Å². The Hall–Kier alpha value is -1.49. The maximum atomic E-state index is 5.05. The summed E-state index contributed by atoms with van der Waals surface area (Å²) >= 11 is 0. The van der Waals surface area contributed by atoms with Gasteiger partial charge in [-0.1, -0.05) is 0 Å². The molecule has 1 saturated heterocycles. The number of nitrogens with one attached hydrogen (secondary N) is 2. The average molecular weight is 262 g/mol. The predicted molar refractivity (Wildman–Crippen MR) is 75.0 cm³/mol. The second kappa shape index (κ2) is 5.65. The summed E-state index contributed by atoms with van der Waals surface area (Å²) in [5.41, 5.74) is 1.13. The number of nitrogens with zero attached hydrogens (tertiary/aromatic N) is 2. The van der Waals surface area contributed by atoms with Crippen LogP contribution in [0.1, 0.15) is 24.8 Å². The van der Waals surface area contributed by atoms with Gasteiger partial charge in [0.15, 0.2) is 5.96 Å². The van der Waals surface area contributed by atoms with Crippen LogP contribution in [0.25, 0.3) is 0 Å². The Balaban J connectivity index is 1.44. The second-order valence-corrected chi connectivity index (χ2v) is 5.41. The van der Waals surface area contributed by atoms with Crippen molar-refractivity contribution in [2.45, 2.75) is 37.9 Å². The highest BCUT2D eigenvalue weighted by Gasteiger charge is 2.34. The SMILES string of the molecule is CN=C(NCc1ccoc1)NC1CCN(C2CC2)C1. The third kappa shape index (κ3) is 3.29. The molecule has 19 heavy (non-hydrogen) atoms. The lowest BCUT2D eigenvalue weighted by Gasteiger charge is -2.18. The summed E-state index contributed by atoms with van der Waals surface area (Å²) < 4.78 is 5.05. The van der Waals surface area contributed by atoms with Gasteiger partial charge in [0.2, 0.25) is 0 Å². The molecule has 0 amide bonds. The first-order valence-electron chi connectivity index (χ1n) is 7.07. The van der Waals surface area contributed by atoms with E-state index in [-0.39, 0.29) is 0 Å². The van der Waals surface area contributed by atoms with Gasteiger partial charge in [0, 0.05) is 44.3 Å². The Morgan fingerprint density at radius 3 is 3.05 bits per heavy atom. The summed E-state index contributed by atoms with van der Waals surface area (Å²) in [7, 11) is 1.82. The molecule has 2 heterocycles. The third-order valence-electron chi connectivity index (χ3n) is 3.89. The zero-order valence-corrected chi connectivity index (χ0v) is 11.4. The van der Waals surface area contributed by atoms with Gasteiger partial charge in [-0.05, 0) is 25.3 Å². The Bertz CT molecular complexity index is 425. The van der Waals surface area contributed by atoms with Gasteiger partial charge in [0.05, 0.1) is 12.5 Å². The summed E-state index contributed by atoms with van der Waals surface area (Å²) in [5, 5.41) is 6.83. The first kappa shape index (κ1) is 12.5. The Morgan fingerprint density at radius 2 is 2.37 bits per heavy atom. The Labute approximate surface area is 114 Å². The molecule has 0 bridgehead atoms. The number of hydrogen-bond acceptors (Lipinski definition) is 3. The minimum Gasteiger partial charge on any atom is -0.472 e. The molecule has 5 heteroatoms. The zero-order valence-electron chi connectivity index (χ0n) is 11.4. The number of furan rings is 1. The molecule has 2 fully saturated rings. The van der Waals surface area contributed by atoms with Crippen molar-refractivity contribution in [3.05, 3.63) is 24.2 Å². The Morgan fingerprint density at radius 1 is 1.47 bits per heavy atom. The fourth-order valence-electron chi connectivity index (χ4n) is 2.64. The van der Waals surface area contributed by atoms with Gasteiger partial charge in [0.1, 0.15) is 0 Å². The molecule has 1 atom stereocenters. The molecule has 3 rings (SSSR count). The van der Waals surface area contributed by atoms with Gasteiger partial charge in [-0.3, -0.25) is 9.89 Å². The molecule has 1 saturated carbocycles. The zero-order chi connectivity index (χ0) is 13.1. The number of likely N-dealkylation sites (tertiary alicyclic amines) is 1. The standard InChI is InChI=1S/C14H22N4O/c1-15-14(16-8-11-5-7-19-10-11)17-12-4-6-18(9-12)13-2-3-13/h5,7,10,12-13H,2-4,6,8-9H2,1H3,(H2,15,16,17). The van der Waals surface area contributed by atoms with Crippen molar-refractivity contribution in [2.24, 2.45) is 4.99 Å². The number of guanidine groups is 1. The average Bonchev–Trinajstić information content (AvgIpc) is 2.96. The smallest absolute Gasteiger partial charge is 0.191 e. The molecular formula is C14H22N4O. The molecule has 0 aromatic carbocycles. The maximum Gasteiger partial charge on any atom is 0.191 e. The Kier molecular flexibility index (Phi) is 3.73. The van der Waals surface area contributed by atoms with E-state index >= 15 is 0 Å². The van der Waals surface area contributed by atoms with Crippen LogP contribution in [0.4, 0.5) is 0 Å². The van der Waals surface area contributed by atoms with Gasteiger partial charge in [-0.15, -0.1) is 0 Å². The fourth-order valence-corrected chi connectivity index (χ4v) is 2.64. The van der Waals surface area contributed by atoms with Crippen LogP contribution in [0, 0.1) is 0 Å². The molecule has 2 aliphatic rings. The first-order chi connectivity index (χ1) is 9.35. The van der Waals surface area contributed by atoms with Crippen LogP contribution < -0.4 is 10.6 Å². The van der Waals surface area contributed by atoms with Crippen LogP contribution in [0.2, 0.25) is 0 Å². The van der Waals surface area contributed by atoms with E-state index in [0.29, 0.717) is 6.04 Å². The van der Waals surface area contributed by atoms with E-state index in [1.165, 1.54) is 25.8 Å². The van der Waals surface area contributed by atoms with Crippen molar-refractivity contribution in [2.75, 3.05) is 20.1 Å². The van der Waals surface area contributed by atoms with Gasteiger partial charge in [-0.25, -0.2) is 0 Å². The molecule has 1 aliphatic heterocycles. The van der Waals surface area contributed by atoms with Crippen molar-refractivity contribution < 1.29 is 4.42 Å². The summed E-state index contributed by atoms with van der Waals surface area (Å²) in [6.07, 6.45) is 7.44. The van der Waals surface area contributed by atoms with E-state index < -0.39 is 0 Å². The lowest BCUT2D eigenvalue weighted by molar-refractivity contribution is 0.321. The van der Waals surface area contributed by atoms with Crippen molar-refractivity contribution in [1.82, 2.24) is 15.5 Å². The van der Waals surface area contributed by atoms with E-state index in [4.69, 9.17) is 4.42 Å². The molecule has 1 aromatic rings. The predicted octanol–water partition coefficient (Wildman–Crippen LogP) is 1.18. The third-order valence-corrected chi connectivity index (χ3v) is 3.89. The van der Waals surface area contributed by atoms with Crippen LogP contribution >= 0.6 is 0 Å². The minimum absolute atomic E-state index is 0.524. The number of rotatable bonds is 4. The highest BCUT2D eigenvalue weighted by Crippen LogP contribution is 2.29. The maximum absolute atomic E-state index is 5.05. The quantitative estimate of drug-likeness (QED) is 0.632. The van der Waals surface area contributed by atoms with Crippen LogP contribution in [0.3, 0.4) is 0 Å². The van der Waals surface area contributed by atoms with Gasteiger partial charge in [0.25, 0.3) is 0 Å². The monoisotopic (exact) mass is 262 g/mol. The summed E-state index contributed by atoms with van der Waals surface area (Å²) in [6, 6.07) is 3.36. The second-order valence-electron chi connectivity index (χ2n) is 5.41. The minimum atomic E-state index is 0.524. The van der Waals surface area contributed by atoms with E-state index in [1.807, 2.05) is 13.1 Å². The molecule has 0 spiro atoms. The molecule has 5 nitrogen and oxygen atoms in total. The molecule has 1 aromatic heterocycles. The highest BCUT2D eigenvalue weighted by molar-refractivity contribution is 5.80. The largest absolute Gasteiger partial charge is 0.472 e. The van der Waals surface area contributed by atoms with Gasteiger partial charge < -0.3 is 15.1 Å². The van der Waals surface area contributed by atoms with E-state index in [2.05, 4.69) is 20.5 Å². The van der Waals surface area contributed by atoms with Gasteiger partial charge in [-0.2, -0.15) is 0 Å². The van der Waals surface area contributed by atoms with Crippen molar-refractivity contribution in [3.63, 3.8) is 0 Å². The van der Waals surface area contributed by atoms with Crippen LogP contribution in [0.15, 0.2) is 28.0 Å². The fraction of sp³-hybridized carbons (Fsp3) is 0.643. The van der Waals surface area contributed by atoms with E-state index in [9.17, 15) is 0 Å². The molecular weight excluding hydrogens is 240 g/mol. The molecule has 1 unspecified atom stereocenters. The number of hydrogen-bond donors (Lipinski definition) is 2. The summed E-state index contributed by atoms with van der Waals surface area (Å²) in [4.78, 5) is 6.88. The molecule has 0 radical (unpaired) electrons. The topological polar surface area (TPSA) is 52.8 Å². The molecule has 2 N–H and O–H groups in total. The lowest BCUT2D eigenvalue weighted by Crippen LogP contribution is -2.44. The van der Waals surface area contributed by atoms with Crippen molar-refractivity contribution in [3.8, 4) is 0 Å². The lowest BCUT2D eigenvalue weighted by atomic mass is 10.3. The first-order valence-corrected chi connectivity index (χ1v) is 7.07. The van der Waals surface area contributed by atoms with Crippen LogP contribution in [-0.2, 0) is 6.54 Å². The highest BCUT2D eigenvalue weighted by atomic mass is 16.3. The number of aliphatic imine (C=N–C) groups is 1. The van der Waals surface area contributed by atoms with Gasteiger partial charge >= 0.3 is 0 Å². The van der Waals surface area contributed by atoms with Crippen molar-refractivity contribution >= 4 is 5.96 Å². The normalized spacial score (nSPS) is 24.7. The molecule has 104 valence electrons. The van der Waals surface area contributed by atoms with E-state index in [1.54, 1.807) is 12.5 Å². The van der Waals surface area contributed by atoms with Crippen LogP contribution in [-0.4, -0.2) is 43.1 Å². The summed E-state index contributed by atoms with van der Waals surface area (Å²) in [5.74, 6) is 0.879. The van der Waals surface area contributed by atoms with E-state index in [0.717, 1.165) is 30.7 Å². The van der Waals surface area contributed by atoms with Crippen molar-refractivity contribution in [1.29, 1.82) is 0 Å². The summed E-state index contributed by atoms with van der Waals surface area (Å²) in [6.45, 7) is 3.12. The molecule has 1 aliphatic carbocycles.